The van der Waals surface area contributed by atoms with Gasteiger partial charge in [-0.15, -0.1) is 6.42 Å². The van der Waals surface area contributed by atoms with E-state index in [0.717, 1.165) is 10.9 Å². The molecule has 1 aromatic carbocycles. The minimum atomic E-state index is -0.338. The number of hydrogen-bond acceptors (Lipinski definition) is 2. The maximum absolute atomic E-state index is 11.4. The molecule has 16 heavy (non-hydrogen) atoms. The molecular weight excluding hydrogens is 202 g/mol. The third-order valence-electron chi connectivity index (χ3n) is 2.46. The smallest absolute Gasteiger partial charge is 0.337 e. The van der Waals surface area contributed by atoms with Gasteiger partial charge in [-0.05, 0) is 23.6 Å². The van der Waals surface area contributed by atoms with Crippen LogP contribution in [0, 0.1) is 12.3 Å². The van der Waals surface area contributed by atoms with Crippen LogP contribution >= 0.6 is 0 Å². The van der Waals surface area contributed by atoms with Gasteiger partial charge in [0.25, 0.3) is 0 Å². The fourth-order valence-electron chi connectivity index (χ4n) is 1.66. The van der Waals surface area contributed by atoms with E-state index < -0.39 is 0 Å². The molecule has 1 heterocycles. The molecule has 0 amide bonds. The summed E-state index contributed by atoms with van der Waals surface area (Å²) in [6.45, 7) is 0.494. The molecular formula is C13H11NO2. The Bertz CT molecular complexity index is 575. The Kier molecular flexibility index (Phi) is 2.65. The van der Waals surface area contributed by atoms with E-state index in [0.29, 0.717) is 12.1 Å². The molecule has 1 aromatic heterocycles. The van der Waals surface area contributed by atoms with Crippen molar-refractivity contribution in [3.8, 4) is 12.3 Å². The Labute approximate surface area is 93.6 Å². The summed E-state index contributed by atoms with van der Waals surface area (Å²) in [6.07, 6.45) is 7.18. The van der Waals surface area contributed by atoms with Crippen molar-refractivity contribution in [1.82, 2.24) is 4.57 Å². The monoisotopic (exact) mass is 213 g/mol. The first-order chi connectivity index (χ1) is 7.76. The van der Waals surface area contributed by atoms with E-state index in [9.17, 15) is 4.79 Å². The maximum atomic E-state index is 11.4. The molecule has 2 rings (SSSR count). The fourth-order valence-corrected chi connectivity index (χ4v) is 1.66. The van der Waals surface area contributed by atoms with Gasteiger partial charge in [0.2, 0.25) is 0 Å². The molecule has 0 aliphatic carbocycles. The van der Waals surface area contributed by atoms with Crippen LogP contribution < -0.4 is 0 Å². The summed E-state index contributed by atoms with van der Waals surface area (Å²) in [4.78, 5) is 11.4. The molecule has 0 bridgehead atoms. The van der Waals surface area contributed by atoms with Crippen molar-refractivity contribution in [2.75, 3.05) is 7.11 Å². The third kappa shape index (κ3) is 1.66. The van der Waals surface area contributed by atoms with Gasteiger partial charge >= 0.3 is 5.97 Å². The van der Waals surface area contributed by atoms with Gasteiger partial charge in [0, 0.05) is 11.7 Å². The van der Waals surface area contributed by atoms with Crippen molar-refractivity contribution in [2.45, 2.75) is 6.54 Å². The lowest BCUT2D eigenvalue weighted by atomic mass is 10.1. The highest BCUT2D eigenvalue weighted by Crippen LogP contribution is 2.18. The lowest BCUT2D eigenvalue weighted by Gasteiger charge is -2.02. The number of carbonyl (C=O) groups excluding carboxylic acids is 1. The minimum absolute atomic E-state index is 0.338. The van der Waals surface area contributed by atoms with Crippen LogP contribution in [0.5, 0.6) is 0 Å². The number of terminal acetylenes is 1. The summed E-state index contributed by atoms with van der Waals surface area (Å²) in [5.41, 5.74) is 1.48. The minimum Gasteiger partial charge on any atom is -0.465 e. The van der Waals surface area contributed by atoms with Crippen LogP contribution in [-0.2, 0) is 11.3 Å². The molecule has 0 radical (unpaired) electrons. The van der Waals surface area contributed by atoms with E-state index in [2.05, 4.69) is 10.7 Å². The zero-order valence-corrected chi connectivity index (χ0v) is 8.93. The first-order valence-corrected chi connectivity index (χ1v) is 4.87. The Morgan fingerprint density at radius 1 is 1.50 bits per heavy atom. The molecule has 80 valence electrons. The molecule has 0 fully saturated rings. The molecule has 3 heteroatoms. The molecule has 0 aliphatic heterocycles. The van der Waals surface area contributed by atoms with Gasteiger partial charge in [-0.25, -0.2) is 4.79 Å². The van der Waals surface area contributed by atoms with Crippen molar-refractivity contribution in [1.29, 1.82) is 0 Å². The molecule has 0 saturated heterocycles. The van der Waals surface area contributed by atoms with E-state index in [1.165, 1.54) is 7.11 Å². The zero-order chi connectivity index (χ0) is 11.5. The average Bonchev–Trinajstić information content (AvgIpc) is 2.71. The van der Waals surface area contributed by atoms with Crippen molar-refractivity contribution < 1.29 is 9.53 Å². The number of esters is 1. The predicted octanol–water partition coefficient (Wildman–Crippen LogP) is 2.06. The number of nitrogens with zero attached hydrogens (tertiary/aromatic N) is 1. The summed E-state index contributed by atoms with van der Waals surface area (Å²) >= 11 is 0. The summed E-state index contributed by atoms with van der Waals surface area (Å²) < 4.78 is 6.59. The molecule has 0 saturated carbocycles. The van der Waals surface area contributed by atoms with Crippen LogP contribution in [0.25, 0.3) is 10.9 Å². The van der Waals surface area contributed by atoms with E-state index >= 15 is 0 Å². The molecule has 0 unspecified atom stereocenters. The number of ether oxygens (including phenoxy) is 1. The van der Waals surface area contributed by atoms with E-state index in [1.54, 1.807) is 12.1 Å². The standard InChI is InChI=1S/C13H11NO2/c1-3-7-14-8-6-10-4-5-11(9-12(10)14)13(15)16-2/h1,4-6,8-9H,7H2,2H3. The van der Waals surface area contributed by atoms with E-state index in [4.69, 9.17) is 6.42 Å². The summed E-state index contributed by atoms with van der Waals surface area (Å²) in [7, 11) is 1.37. The third-order valence-corrected chi connectivity index (χ3v) is 2.46. The Morgan fingerprint density at radius 2 is 2.31 bits per heavy atom. The first kappa shape index (κ1) is 10.3. The number of fused-ring (bicyclic) bond motifs is 1. The Hall–Kier alpha value is -2.21. The van der Waals surface area contributed by atoms with Gasteiger partial charge in [-0.2, -0.15) is 0 Å². The molecule has 0 spiro atoms. The number of carbonyl (C=O) groups is 1. The summed E-state index contributed by atoms with van der Waals surface area (Å²) in [5.74, 6) is 2.23. The quantitative estimate of drug-likeness (QED) is 0.564. The fraction of sp³-hybridized carbons (Fsp3) is 0.154. The highest BCUT2D eigenvalue weighted by molar-refractivity contribution is 5.94. The second-order valence-corrected chi connectivity index (χ2v) is 3.41. The van der Waals surface area contributed by atoms with Crippen LogP contribution in [0.1, 0.15) is 10.4 Å². The van der Waals surface area contributed by atoms with Gasteiger partial charge < -0.3 is 9.30 Å². The van der Waals surface area contributed by atoms with Crippen LogP contribution in [-0.4, -0.2) is 17.6 Å². The normalized spacial score (nSPS) is 10.0. The van der Waals surface area contributed by atoms with Gasteiger partial charge in [-0.1, -0.05) is 12.0 Å². The van der Waals surface area contributed by atoms with E-state index in [1.807, 2.05) is 22.9 Å². The Balaban J connectivity index is 2.55. The van der Waals surface area contributed by atoms with Gasteiger partial charge in [0.1, 0.15) is 0 Å². The SMILES string of the molecule is C#CCn1ccc2ccc(C(=O)OC)cc21. The largest absolute Gasteiger partial charge is 0.465 e. The number of benzene rings is 1. The second-order valence-electron chi connectivity index (χ2n) is 3.41. The molecule has 0 N–H and O–H groups in total. The predicted molar refractivity (Wildman–Crippen MR) is 62.1 cm³/mol. The topological polar surface area (TPSA) is 31.2 Å². The maximum Gasteiger partial charge on any atom is 0.337 e. The van der Waals surface area contributed by atoms with Crippen LogP contribution in [0.15, 0.2) is 30.5 Å². The zero-order valence-electron chi connectivity index (χ0n) is 8.93. The number of hydrogen-bond donors (Lipinski definition) is 0. The number of methoxy groups -OCH3 is 1. The van der Waals surface area contributed by atoms with Crippen molar-refractivity contribution in [3.63, 3.8) is 0 Å². The van der Waals surface area contributed by atoms with Crippen LogP contribution in [0.3, 0.4) is 0 Å². The van der Waals surface area contributed by atoms with Crippen molar-refractivity contribution >= 4 is 16.9 Å². The van der Waals surface area contributed by atoms with Crippen molar-refractivity contribution in [2.24, 2.45) is 0 Å². The highest BCUT2D eigenvalue weighted by Gasteiger charge is 2.07. The molecule has 0 aliphatic rings. The van der Waals surface area contributed by atoms with Gasteiger partial charge in [-0.3, -0.25) is 0 Å². The van der Waals surface area contributed by atoms with Gasteiger partial charge in [0.05, 0.1) is 19.2 Å². The van der Waals surface area contributed by atoms with Crippen LogP contribution in [0.4, 0.5) is 0 Å². The number of rotatable bonds is 2. The second kappa shape index (κ2) is 4.11. The highest BCUT2D eigenvalue weighted by atomic mass is 16.5. The van der Waals surface area contributed by atoms with Crippen molar-refractivity contribution in [3.05, 3.63) is 36.0 Å². The summed E-state index contributed by atoms with van der Waals surface area (Å²) in [5, 5.41) is 1.06. The average molecular weight is 213 g/mol. The molecule has 3 nitrogen and oxygen atoms in total. The van der Waals surface area contributed by atoms with Crippen LogP contribution in [0.2, 0.25) is 0 Å². The van der Waals surface area contributed by atoms with E-state index in [-0.39, 0.29) is 5.97 Å². The lowest BCUT2D eigenvalue weighted by molar-refractivity contribution is 0.0601. The Morgan fingerprint density at radius 3 is 3.00 bits per heavy atom. The first-order valence-electron chi connectivity index (χ1n) is 4.87. The van der Waals surface area contributed by atoms with Gasteiger partial charge in [0.15, 0.2) is 0 Å². The molecule has 2 aromatic rings. The summed E-state index contributed by atoms with van der Waals surface area (Å²) in [6, 6.07) is 7.38. The lowest BCUT2D eigenvalue weighted by Crippen LogP contribution is -2.01. The number of aromatic nitrogens is 1. The molecule has 0 atom stereocenters.